The van der Waals surface area contributed by atoms with E-state index in [4.69, 9.17) is 5.26 Å². The summed E-state index contributed by atoms with van der Waals surface area (Å²) in [6.07, 6.45) is 2.07. The molecule has 1 aliphatic heterocycles. The highest BCUT2D eigenvalue weighted by Crippen LogP contribution is 1.95. The van der Waals surface area contributed by atoms with Crippen molar-refractivity contribution in [3.8, 4) is 6.07 Å². The van der Waals surface area contributed by atoms with Crippen LogP contribution in [0.4, 0.5) is 0 Å². The Morgan fingerprint density at radius 2 is 2.33 bits per heavy atom. The Hall–Kier alpha value is -1.62. The van der Waals surface area contributed by atoms with Crippen LogP contribution < -0.4 is 10.6 Å². The molecule has 0 radical (unpaired) electrons. The molecule has 1 unspecified atom stereocenters. The van der Waals surface area contributed by atoms with E-state index in [0.29, 0.717) is 5.56 Å². The quantitative estimate of drug-likeness (QED) is 0.534. The molecule has 0 fully saturated rings. The fourth-order valence-electron chi connectivity index (χ4n) is 1.39. The molecule has 0 amide bonds. The lowest BCUT2D eigenvalue weighted by molar-refractivity contribution is 0.955. The zero-order chi connectivity index (χ0) is 8.55. The maximum Gasteiger partial charge on any atom is 0.0991 e. The van der Waals surface area contributed by atoms with Gasteiger partial charge in [-0.25, -0.2) is 0 Å². The second-order valence-corrected chi connectivity index (χ2v) is 2.92. The van der Waals surface area contributed by atoms with Gasteiger partial charge in [-0.2, -0.15) is 5.26 Å². The summed E-state index contributed by atoms with van der Waals surface area (Å²) < 4.78 is 0. The largest absolute Gasteiger partial charge is 0.278 e. The molecular weight excluding hydrogens is 148 g/mol. The lowest BCUT2D eigenvalue weighted by atomic mass is 10.2. The van der Waals surface area contributed by atoms with Gasteiger partial charge in [0.05, 0.1) is 23.0 Å². The van der Waals surface area contributed by atoms with Crippen LogP contribution >= 0.6 is 0 Å². The maximum absolute atomic E-state index is 8.64. The predicted molar refractivity (Wildman–Crippen MR) is 45.9 cm³/mol. The van der Waals surface area contributed by atoms with E-state index in [0.717, 1.165) is 10.6 Å². The van der Waals surface area contributed by atoms with Crippen molar-refractivity contribution in [3.63, 3.8) is 0 Å². The Labute approximate surface area is 70.5 Å². The lowest BCUT2D eigenvalue weighted by Crippen LogP contribution is -2.20. The van der Waals surface area contributed by atoms with Crippen LogP contribution in [0.2, 0.25) is 0 Å². The molecule has 1 aromatic rings. The van der Waals surface area contributed by atoms with Crippen LogP contribution in [0.15, 0.2) is 23.2 Å². The Balaban J connectivity index is 2.74. The zero-order valence-electron chi connectivity index (χ0n) is 6.78. The summed E-state index contributed by atoms with van der Waals surface area (Å²) >= 11 is 0. The van der Waals surface area contributed by atoms with Gasteiger partial charge in [-0.3, -0.25) is 4.99 Å². The van der Waals surface area contributed by atoms with Gasteiger partial charge in [0.1, 0.15) is 0 Å². The van der Waals surface area contributed by atoms with Crippen LogP contribution in [-0.4, -0.2) is 6.04 Å². The Bertz CT molecular complexity index is 466. The van der Waals surface area contributed by atoms with Crippen molar-refractivity contribution in [3.05, 3.63) is 34.3 Å². The second kappa shape index (κ2) is 2.46. The van der Waals surface area contributed by atoms with Crippen LogP contribution in [0, 0.1) is 11.3 Å². The van der Waals surface area contributed by atoms with Gasteiger partial charge < -0.3 is 0 Å². The summed E-state index contributed by atoms with van der Waals surface area (Å²) in [5.74, 6) is 0. The molecule has 1 heterocycles. The molecule has 2 rings (SSSR count). The Morgan fingerprint density at radius 1 is 1.50 bits per heavy atom. The number of nitrogens with zero attached hydrogens (tertiary/aromatic N) is 2. The molecule has 1 aliphatic rings. The van der Waals surface area contributed by atoms with Crippen LogP contribution in [0.3, 0.4) is 0 Å². The smallest absolute Gasteiger partial charge is 0.0991 e. The molecule has 0 spiro atoms. The first-order chi connectivity index (χ1) is 5.79. The average Bonchev–Trinajstić information content (AvgIpc) is 2.43. The summed E-state index contributed by atoms with van der Waals surface area (Å²) in [5.41, 5.74) is 0.703. The molecule has 0 aliphatic carbocycles. The first kappa shape index (κ1) is 7.05. The van der Waals surface area contributed by atoms with Crippen molar-refractivity contribution in [2.24, 2.45) is 4.99 Å². The number of benzene rings is 1. The van der Waals surface area contributed by atoms with Crippen molar-refractivity contribution in [2.75, 3.05) is 0 Å². The molecule has 0 saturated carbocycles. The molecule has 1 aromatic carbocycles. The molecular formula is C10H8N2. The third-order valence-electron chi connectivity index (χ3n) is 1.92. The SMILES string of the molecule is CC1C=c2cc(C#N)ccc2=N1. The van der Waals surface area contributed by atoms with E-state index in [1.54, 1.807) is 6.07 Å². The van der Waals surface area contributed by atoms with Crippen LogP contribution in [0.5, 0.6) is 0 Å². The van der Waals surface area contributed by atoms with Gasteiger partial charge in [0.15, 0.2) is 0 Å². The third-order valence-corrected chi connectivity index (χ3v) is 1.92. The summed E-state index contributed by atoms with van der Waals surface area (Å²) in [6.45, 7) is 2.03. The van der Waals surface area contributed by atoms with Gasteiger partial charge in [0.2, 0.25) is 0 Å². The van der Waals surface area contributed by atoms with Crippen LogP contribution in [-0.2, 0) is 0 Å². The zero-order valence-corrected chi connectivity index (χ0v) is 6.78. The molecule has 1 atom stereocenters. The highest BCUT2D eigenvalue weighted by atomic mass is 14.8. The van der Waals surface area contributed by atoms with E-state index < -0.39 is 0 Å². The maximum atomic E-state index is 8.64. The van der Waals surface area contributed by atoms with Gasteiger partial charge in [0.25, 0.3) is 0 Å². The third kappa shape index (κ3) is 0.998. The number of hydrogen-bond donors (Lipinski definition) is 0. The van der Waals surface area contributed by atoms with Crippen molar-refractivity contribution in [1.29, 1.82) is 5.26 Å². The molecule has 0 saturated heterocycles. The minimum absolute atomic E-state index is 0.258. The topological polar surface area (TPSA) is 36.1 Å². The molecule has 2 nitrogen and oxygen atoms in total. The van der Waals surface area contributed by atoms with E-state index in [2.05, 4.69) is 17.1 Å². The van der Waals surface area contributed by atoms with E-state index in [9.17, 15) is 0 Å². The first-order valence-electron chi connectivity index (χ1n) is 3.89. The summed E-state index contributed by atoms with van der Waals surface area (Å²) in [6, 6.07) is 7.94. The van der Waals surface area contributed by atoms with Gasteiger partial charge in [0, 0.05) is 0 Å². The molecule has 58 valence electrons. The number of rotatable bonds is 0. The molecule has 0 N–H and O–H groups in total. The normalized spacial score (nSPS) is 18.8. The van der Waals surface area contributed by atoms with Crippen LogP contribution in [0.1, 0.15) is 12.5 Å². The summed E-state index contributed by atoms with van der Waals surface area (Å²) in [5, 5.41) is 10.7. The van der Waals surface area contributed by atoms with E-state index in [1.807, 2.05) is 19.1 Å². The summed E-state index contributed by atoms with van der Waals surface area (Å²) in [4.78, 5) is 4.36. The van der Waals surface area contributed by atoms with Crippen molar-refractivity contribution < 1.29 is 0 Å². The molecule has 12 heavy (non-hydrogen) atoms. The number of hydrogen-bond acceptors (Lipinski definition) is 2. The number of fused-ring (bicyclic) bond motifs is 1. The Morgan fingerprint density at radius 3 is 3.08 bits per heavy atom. The average molecular weight is 156 g/mol. The van der Waals surface area contributed by atoms with Gasteiger partial charge in [-0.15, -0.1) is 0 Å². The van der Waals surface area contributed by atoms with E-state index >= 15 is 0 Å². The fraction of sp³-hybridized carbons (Fsp3) is 0.200. The minimum atomic E-state index is 0.258. The van der Waals surface area contributed by atoms with E-state index in [-0.39, 0.29) is 6.04 Å². The first-order valence-corrected chi connectivity index (χ1v) is 3.89. The lowest BCUT2D eigenvalue weighted by Gasteiger charge is -1.86. The molecule has 2 heteroatoms. The second-order valence-electron chi connectivity index (χ2n) is 2.92. The van der Waals surface area contributed by atoms with Crippen molar-refractivity contribution >= 4 is 6.08 Å². The standard InChI is InChI=1S/C10H8N2/c1-7-4-9-5-8(6-11)2-3-10(9)12-7/h2-5,7H,1H3. The van der Waals surface area contributed by atoms with Crippen LogP contribution in [0.25, 0.3) is 6.08 Å². The highest BCUT2D eigenvalue weighted by molar-refractivity contribution is 5.38. The predicted octanol–water partition coefficient (Wildman–Crippen LogP) is 0.360. The highest BCUT2D eigenvalue weighted by Gasteiger charge is 2.02. The van der Waals surface area contributed by atoms with E-state index in [1.165, 1.54) is 0 Å². The van der Waals surface area contributed by atoms with Crippen molar-refractivity contribution in [2.45, 2.75) is 13.0 Å². The molecule has 0 bridgehead atoms. The van der Waals surface area contributed by atoms with Gasteiger partial charge in [-0.05, 0) is 30.3 Å². The fourth-order valence-corrected chi connectivity index (χ4v) is 1.39. The monoisotopic (exact) mass is 156 g/mol. The molecule has 0 aromatic heterocycles. The Kier molecular flexibility index (Phi) is 1.44. The van der Waals surface area contributed by atoms with Gasteiger partial charge >= 0.3 is 0 Å². The summed E-state index contributed by atoms with van der Waals surface area (Å²) in [7, 11) is 0. The number of nitriles is 1. The minimum Gasteiger partial charge on any atom is -0.278 e. The van der Waals surface area contributed by atoms with Crippen molar-refractivity contribution in [1.82, 2.24) is 0 Å². The van der Waals surface area contributed by atoms with Gasteiger partial charge in [-0.1, -0.05) is 6.08 Å².